The Morgan fingerprint density at radius 3 is 2.72 bits per heavy atom. The lowest BCUT2D eigenvalue weighted by Gasteiger charge is -2.11. The molecule has 0 atom stereocenters. The van der Waals surface area contributed by atoms with E-state index < -0.39 is 0 Å². The highest BCUT2D eigenvalue weighted by molar-refractivity contribution is 7.13. The second-order valence-electron chi connectivity index (χ2n) is 6.53. The standard InChI is InChI=1S/C21H18N6OS/c1-12-8-13(10-19(23)26-12)15-4-5-24-11-14(15)9-18(28)20-16(22)2-3-17(27-20)21-25-6-7-29-21/h2-8,10-11H,9,22H2,1H3,(H2,23,26). The van der Waals surface area contributed by atoms with E-state index in [0.29, 0.717) is 17.2 Å². The average molecular weight is 402 g/mol. The summed E-state index contributed by atoms with van der Waals surface area (Å²) in [5.41, 5.74) is 16.5. The molecule has 0 aliphatic heterocycles. The number of Topliss-reactive ketones (excluding diaryl/α,β-unsaturated/α-hetero) is 1. The van der Waals surface area contributed by atoms with Gasteiger partial charge in [0.2, 0.25) is 0 Å². The van der Waals surface area contributed by atoms with E-state index >= 15 is 0 Å². The van der Waals surface area contributed by atoms with E-state index in [1.807, 2.05) is 24.4 Å². The minimum atomic E-state index is -0.186. The minimum absolute atomic E-state index is 0.114. The van der Waals surface area contributed by atoms with Gasteiger partial charge < -0.3 is 11.5 Å². The fraction of sp³-hybridized carbons (Fsp3) is 0.0952. The zero-order chi connectivity index (χ0) is 20.4. The number of nitrogens with two attached hydrogens (primary N) is 2. The van der Waals surface area contributed by atoms with Crippen molar-refractivity contribution in [1.29, 1.82) is 0 Å². The Labute approximate surface area is 171 Å². The highest BCUT2D eigenvalue weighted by Crippen LogP contribution is 2.27. The van der Waals surface area contributed by atoms with E-state index in [1.54, 1.807) is 36.8 Å². The normalized spacial score (nSPS) is 10.8. The summed E-state index contributed by atoms with van der Waals surface area (Å²) in [5, 5.41) is 2.60. The Balaban J connectivity index is 1.69. The van der Waals surface area contributed by atoms with Crippen LogP contribution in [0.25, 0.3) is 21.8 Å². The van der Waals surface area contributed by atoms with E-state index in [2.05, 4.69) is 19.9 Å². The third kappa shape index (κ3) is 3.97. The van der Waals surface area contributed by atoms with E-state index in [0.717, 1.165) is 27.4 Å². The van der Waals surface area contributed by atoms with Crippen LogP contribution in [-0.4, -0.2) is 25.7 Å². The van der Waals surface area contributed by atoms with Crippen LogP contribution in [0.4, 0.5) is 11.5 Å². The van der Waals surface area contributed by atoms with Gasteiger partial charge in [-0.15, -0.1) is 11.3 Å². The van der Waals surface area contributed by atoms with Gasteiger partial charge in [0, 0.05) is 36.1 Å². The summed E-state index contributed by atoms with van der Waals surface area (Å²) in [6.45, 7) is 1.88. The van der Waals surface area contributed by atoms with Gasteiger partial charge in [0.1, 0.15) is 16.5 Å². The number of anilines is 2. The van der Waals surface area contributed by atoms with Crippen LogP contribution in [-0.2, 0) is 6.42 Å². The first-order chi connectivity index (χ1) is 14.0. The van der Waals surface area contributed by atoms with Crippen LogP contribution in [0.5, 0.6) is 0 Å². The van der Waals surface area contributed by atoms with Crippen LogP contribution in [0.2, 0.25) is 0 Å². The molecule has 0 bridgehead atoms. The van der Waals surface area contributed by atoms with Gasteiger partial charge in [-0.1, -0.05) is 0 Å². The molecule has 7 nitrogen and oxygen atoms in total. The van der Waals surface area contributed by atoms with Crippen molar-refractivity contribution in [1.82, 2.24) is 19.9 Å². The Morgan fingerprint density at radius 1 is 1.10 bits per heavy atom. The van der Waals surface area contributed by atoms with Crippen LogP contribution < -0.4 is 11.5 Å². The number of aryl methyl sites for hydroxylation is 1. The lowest BCUT2D eigenvalue weighted by atomic mass is 9.97. The van der Waals surface area contributed by atoms with Crippen molar-refractivity contribution < 1.29 is 4.79 Å². The van der Waals surface area contributed by atoms with Gasteiger partial charge >= 0.3 is 0 Å². The Kier molecular flexibility index (Phi) is 5.01. The topological polar surface area (TPSA) is 121 Å². The number of hydrogen-bond acceptors (Lipinski definition) is 8. The number of thiazole rings is 1. The molecule has 4 rings (SSSR count). The molecule has 0 unspecified atom stereocenters. The molecular weight excluding hydrogens is 384 g/mol. The van der Waals surface area contributed by atoms with Crippen molar-refractivity contribution in [3.05, 3.63) is 71.3 Å². The molecule has 144 valence electrons. The number of aromatic nitrogens is 4. The minimum Gasteiger partial charge on any atom is -0.397 e. The number of rotatable bonds is 5. The molecule has 8 heteroatoms. The van der Waals surface area contributed by atoms with Crippen LogP contribution >= 0.6 is 11.3 Å². The van der Waals surface area contributed by atoms with Gasteiger partial charge in [-0.05, 0) is 53.9 Å². The van der Waals surface area contributed by atoms with E-state index in [1.165, 1.54) is 11.3 Å². The van der Waals surface area contributed by atoms with E-state index in [-0.39, 0.29) is 17.9 Å². The molecule has 0 aliphatic rings. The summed E-state index contributed by atoms with van der Waals surface area (Å²) in [6.07, 6.45) is 5.18. The van der Waals surface area contributed by atoms with Gasteiger partial charge in [-0.25, -0.2) is 15.0 Å². The molecule has 4 N–H and O–H groups in total. The Morgan fingerprint density at radius 2 is 1.97 bits per heavy atom. The molecule has 0 saturated heterocycles. The number of carbonyl (C=O) groups excluding carboxylic acids is 1. The van der Waals surface area contributed by atoms with Gasteiger partial charge in [-0.2, -0.15) is 0 Å². The van der Waals surface area contributed by atoms with Crippen LogP contribution in [0.1, 0.15) is 21.7 Å². The Hall–Kier alpha value is -3.65. The largest absolute Gasteiger partial charge is 0.397 e. The second-order valence-corrected chi connectivity index (χ2v) is 7.42. The molecule has 4 aromatic heterocycles. The second kappa shape index (κ2) is 7.76. The molecule has 0 fully saturated rings. The highest BCUT2D eigenvalue weighted by atomic mass is 32.1. The lowest BCUT2D eigenvalue weighted by molar-refractivity contribution is 0.0989. The molecule has 4 aromatic rings. The smallest absolute Gasteiger partial charge is 0.187 e. The number of pyridine rings is 3. The van der Waals surface area contributed by atoms with E-state index in [4.69, 9.17) is 11.5 Å². The first-order valence-corrected chi connectivity index (χ1v) is 9.76. The molecule has 0 amide bonds. The van der Waals surface area contributed by atoms with Crippen LogP contribution in [0, 0.1) is 6.92 Å². The molecule has 4 heterocycles. The number of hydrogen-bond donors (Lipinski definition) is 2. The predicted octanol–water partition coefficient (Wildman–Crippen LogP) is 3.56. The van der Waals surface area contributed by atoms with Crippen molar-refractivity contribution in [3.63, 3.8) is 0 Å². The number of nitrogen functional groups attached to an aromatic ring is 2. The SMILES string of the molecule is Cc1cc(-c2ccncc2CC(=O)c2nc(-c3nccs3)ccc2N)cc(N)n1. The first-order valence-electron chi connectivity index (χ1n) is 8.88. The maximum atomic E-state index is 13.0. The summed E-state index contributed by atoms with van der Waals surface area (Å²) in [5.74, 6) is 0.241. The van der Waals surface area contributed by atoms with Crippen molar-refractivity contribution in [2.45, 2.75) is 13.3 Å². The summed E-state index contributed by atoms with van der Waals surface area (Å²) in [4.78, 5) is 30.2. The van der Waals surface area contributed by atoms with Gasteiger partial charge in [0.25, 0.3) is 0 Å². The fourth-order valence-electron chi connectivity index (χ4n) is 3.12. The van der Waals surface area contributed by atoms with Crippen molar-refractivity contribution in [3.8, 4) is 21.8 Å². The van der Waals surface area contributed by atoms with Crippen LogP contribution in [0.15, 0.2) is 54.3 Å². The highest BCUT2D eigenvalue weighted by Gasteiger charge is 2.17. The average Bonchev–Trinajstić information content (AvgIpc) is 3.23. The van der Waals surface area contributed by atoms with Gasteiger partial charge in [-0.3, -0.25) is 9.78 Å². The van der Waals surface area contributed by atoms with Crippen molar-refractivity contribution >= 4 is 28.6 Å². The van der Waals surface area contributed by atoms with Gasteiger partial charge in [0.15, 0.2) is 5.78 Å². The summed E-state index contributed by atoms with van der Waals surface area (Å²) in [7, 11) is 0. The van der Waals surface area contributed by atoms with E-state index in [9.17, 15) is 4.79 Å². The molecule has 29 heavy (non-hydrogen) atoms. The third-order valence-corrected chi connectivity index (χ3v) is 5.18. The molecule has 0 radical (unpaired) electrons. The Bertz CT molecular complexity index is 1170. The molecular formula is C21H18N6OS. The first kappa shape index (κ1) is 18.7. The zero-order valence-corrected chi connectivity index (χ0v) is 16.5. The summed E-state index contributed by atoms with van der Waals surface area (Å²) >= 11 is 1.46. The van der Waals surface area contributed by atoms with Crippen molar-refractivity contribution in [2.75, 3.05) is 11.5 Å². The number of ketones is 1. The maximum absolute atomic E-state index is 13.0. The van der Waals surface area contributed by atoms with Crippen LogP contribution in [0.3, 0.4) is 0 Å². The summed E-state index contributed by atoms with van der Waals surface area (Å²) < 4.78 is 0. The quantitative estimate of drug-likeness (QED) is 0.490. The predicted molar refractivity (Wildman–Crippen MR) is 114 cm³/mol. The number of carbonyl (C=O) groups is 1. The maximum Gasteiger partial charge on any atom is 0.187 e. The molecule has 0 aromatic carbocycles. The molecule has 0 aliphatic carbocycles. The number of nitrogens with zero attached hydrogens (tertiary/aromatic N) is 4. The van der Waals surface area contributed by atoms with Gasteiger partial charge in [0.05, 0.1) is 11.4 Å². The summed E-state index contributed by atoms with van der Waals surface area (Å²) in [6, 6.07) is 9.03. The zero-order valence-electron chi connectivity index (χ0n) is 15.7. The molecule has 0 saturated carbocycles. The monoisotopic (exact) mass is 402 g/mol. The van der Waals surface area contributed by atoms with Crippen molar-refractivity contribution in [2.24, 2.45) is 0 Å². The lowest BCUT2D eigenvalue weighted by Crippen LogP contribution is -2.11. The third-order valence-electron chi connectivity index (χ3n) is 4.38. The molecule has 0 spiro atoms. The fourth-order valence-corrected chi connectivity index (χ4v) is 3.73.